The lowest BCUT2D eigenvalue weighted by Crippen LogP contribution is -2.38. The van der Waals surface area contributed by atoms with E-state index in [2.05, 4.69) is 15.6 Å². The molecule has 0 atom stereocenters. The summed E-state index contributed by atoms with van der Waals surface area (Å²) < 4.78 is 16.5. The van der Waals surface area contributed by atoms with Gasteiger partial charge in [0.15, 0.2) is 29.0 Å². The first kappa shape index (κ1) is 23.2. The van der Waals surface area contributed by atoms with Gasteiger partial charge in [0.1, 0.15) is 0 Å². The molecule has 164 valence electrons. The van der Waals surface area contributed by atoms with Crippen LogP contribution in [-0.2, 0) is 13.0 Å². The van der Waals surface area contributed by atoms with Gasteiger partial charge in [0.05, 0.1) is 26.9 Å². The van der Waals surface area contributed by atoms with E-state index in [0.29, 0.717) is 43.6 Å². The lowest BCUT2D eigenvalue weighted by atomic mass is 10.1. The summed E-state index contributed by atoms with van der Waals surface area (Å²) in [6.07, 6.45) is 0.807. The van der Waals surface area contributed by atoms with E-state index in [1.165, 1.54) is 7.11 Å². The van der Waals surface area contributed by atoms with Crippen LogP contribution in [0.3, 0.4) is 0 Å². The van der Waals surface area contributed by atoms with E-state index < -0.39 is 0 Å². The normalized spacial score (nSPS) is 11.1. The van der Waals surface area contributed by atoms with Gasteiger partial charge in [0.25, 0.3) is 0 Å². The van der Waals surface area contributed by atoms with E-state index >= 15 is 0 Å². The van der Waals surface area contributed by atoms with Gasteiger partial charge in [-0.3, -0.25) is 0 Å². The molecule has 0 spiro atoms. The minimum absolute atomic E-state index is 0.123. The van der Waals surface area contributed by atoms with Crippen molar-refractivity contribution in [1.82, 2.24) is 10.6 Å². The first-order valence-electron chi connectivity index (χ1n) is 10.4. The Morgan fingerprint density at radius 3 is 2.43 bits per heavy atom. The summed E-state index contributed by atoms with van der Waals surface area (Å²) in [5.41, 5.74) is 1.86. The third-order valence-electron chi connectivity index (χ3n) is 4.37. The van der Waals surface area contributed by atoms with Crippen LogP contribution in [0, 0.1) is 0 Å². The summed E-state index contributed by atoms with van der Waals surface area (Å²) in [5.74, 6) is 2.80. The Morgan fingerprint density at radius 2 is 1.73 bits per heavy atom. The molecular weight excluding hydrogens is 382 g/mol. The van der Waals surface area contributed by atoms with Crippen molar-refractivity contribution in [2.75, 3.05) is 33.4 Å². The molecule has 30 heavy (non-hydrogen) atoms. The third kappa shape index (κ3) is 6.76. The van der Waals surface area contributed by atoms with Crippen molar-refractivity contribution in [2.24, 2.45) is 4.99 Å². The number of guanidine groups is 1. The van der Waals surface area contributed by atoms with Crippen LogP contribution in [0.4, 0.5) is 0 Å². The molecule has 0 saturated carbocycles. The Kier molecular flexibility index (Phi) is 9.64. The fraction of sp³-hybridized carbons (Fsp3) is 0.435. The quantitative estimate of drug-likeness (QED) is 0.385. The molecule has 7 nitrogen and oxygen atoms in total. The lowest BCUT2D eigenvalue weighted by Gasteiger charge is -2.14. The molecule has 0 aliphatic rings. The number of hydrogen-bond acceptors (Lipinski definition) is 5. The SMILES string of the molecule is CCNC(=NCc1cccc(OC)c1O)NCCc1ccc(OCC)c(OCC)c1. The van der Waals surface area contributed by atoms with Gasteiger partial charge in [0, 0.05) is 18.7 Å². The second kappa shape index (κ2) is 12.5. The van der Waals surface area contributed by atoms with Crippen LogP contribution in [0.2, 0.25) is 0 Å². The van der Waals surface area contributed by atoms with Crippen LogP contribution >= 0.6 is 0 Å². The lowest BCUT2D eigenvalue weighted by molar-refractivity contribution is 0.287. The maximum absolute atomic E-state index is 10.2. The van der Waals surface area contributed by atoms with Crippen molar-refractivity contribution < 1.29 is 19.3 Å². The Labute approximate surface area is 179 Å². The van der Waals surface area contributed by atoms with Crippen molar-refractivity contribution in [3.63, 3.8) is 0 Å². The molecule has 2 rings (SSSR count). The Hall–Kier alpha value is -3.09. The first-order valence-corrected chi connectivity index (χ1v) is 10.4. The molecule has 0 unspecified atom stereocenters. The zero-order chi connectivity index (χ0) is 21.8. The van der Waals surface area contributed by atoms with Crippen LogP contribution in [0.15, 0.2) is 41.4 Å². The number of nitrogens with zero attached hydrogens (tertiary/aromatic N) is 1. The van der Waals surface area contributed by atoms with Crippen LogP contribution < -0.4 is 24.8 Å². The fourth-order valence-corrected chi connectivity index (χ4v) is 2.94. The Morgan fingerprint density at radius 1 is 0.967 bits per heavy atom. The summed E-state index contributed by atoms with van der Waals surface area (Å²) in [4.78, 5) is 4.57. The van der Waals surface area contributed by atoms with Crippen LogP contribution in [0.1, 0.15) is 31.9 Å². The van der Waals surface area contributed by atoms with Crippen molar-refractivity contribution in [1.29, 1.82) is 0 Å². The average molecular weight is 416 g/mol. The minimum Gasteiger partial charge on any atom is -0.504 e. The van der Waals surface area contributed by atoms with Gasteiger partial charge in [-0.1, -0.05) is 18.2 Å². The number of aliphatic imine (C=N–C) groups is 1. The van der Waals surface area contributed by atoms with Gasteiger partial charge >= 0.3 is 0 Å². The zero-order valence-electron chi connectivity index (χ0n) is 18.3. The summed E-state index contributed by atoms with van der Waals surface area (Å²) in [6.45, 7) is 8.92. The summed E-state index contributed by atoms with van der Waals surface area (Å²) in [6, 6.07) is 11.4. The molecule has 7 heteroatoms. The van der Waals surface area contributed by atoms with Crippen molar-refractivity contribution >= 4 is 5.96 Å². The number of ether oxygens (including phenoxy) is 3. The monoisotopic (exact) mass is 415 g/mol. The molecule has 2 aromatic rings. The van der Waals surface area contributed by atoms with Crippen molar-refractivity contribution in [2.45, 2.75) is 33.7 Å². The van der Waals surface area contributed by atoms with Gasteiger partial charge in [-0.15, -0.1) is 0 Å². The predicted molar refractivity (Wildman–Crippen MR) is 120 cm³/mol. The van der Waals surface area contributed by atoms with Crippen LogP contribution in [0.5, 0.6) is 23.0 Å². The third-order valence-corrected chi connectivity index (χ3v) is 4.37. The smallest absolute Gasteiger partial charge is 0.191 e. The fourth-order valence-electron chi connectivity index (χ4n) is 2.94. The Bertz CT molecular complexity index is 824. The molecule has 0 radical (unpaired) electrons. The molecule has 0 aliphatic carbocycles. The highest BCUT2D eigenvalue weighted by molar-refractivity contribution is 5.79. The largest absolute Gasteiger partial charge is 0.504 e. The van der Waals surface area contributed by atoms with E-state index in [4.69, 9.17) is 14.2 Å². The number of benzene rings is 2. The number of nitrogens with one attached hydrogen (secondary N) is 2. The summed E-state index contributed by atoms with van der Waals surface area (Å²) in [7, 11) is 1.53. The first-order chi connectivity index (χ1) is 14.6. The van der Waals surface area contributed by atoms with Gasteiger partial charge < -0.3 is 30.0 Å². The van der Waals surface area contributed by atoms with Gasteiger partial charge in [-0.2, -0.15) is 0 Å². The van der Waals surface area contributed by atoms with Crippen molar-refractivity contribution in [3.8, 4) is 23.0 Å². The molecule has 0 amide bonds. The van der Waals surface area contributed by atoms with Gasteiger partial charge in [0.2, 0.25) is 0 Å². The molecule has 0 heterocycles. The van der Waals surface area contributed by atoms with E-state index in [1.807, 2.05) is 51.1 Å². The molecular formula is C23H33N3O4. The number of methoxy groups -OCH3 is 1. The van der Waals surface area contributed by atoms with Gasteiger partial charge in [-0.05, 0) is 51.0 Å². The van der Waals surface area contributed by atoms with E-state index in [1.54, 1.807) is 6.07 Å². The average Bonchev–Trinajstić information content (AvgIpc) is 2.75. The van der Waals surface area contributed by atoms with E-state index in [9.17, 15) is 5.11 Å². The number of para-hydroxylation sites is 1. The summed E-state index contributed by atoms with van der Waals surface area (Å²) >= 11 is 0. The number of rotatable bonds is 11. The van der Waals surface area contributed by atoms with Crippen molar-refractivity contribution in [3.05, 3.63) is 47.5 Å². The number of phenols is 1. The second-order valence-corrected chi connectivity index (χ2v) is 6.49. The highest BCUT2D eigenvalue weighted by atomic mass is 16.5. The van der Waals surface area contributed by atoms with Gasteiger partial charge in [-0.25, -0.2) is 4.99 Å². The molecule has 0 aliphatic heterocycles. The standard InChI is InChI=1S/C23H33N3O4/c1-5-24-23(26-16-18-9-8-10-20(28-4)22(18)27)25-14-13-17-11-12-19(29-6-2)21(15-17)30-7-3/h8-12,15,27H,5-7,13-14,16H2,1-4H3,(H2,24,25,26). The maximum Gasteiger partial charge on any atom is 0.191 e. The molecule has 2 aromatic carbocycles. The molecule has 3 N–H and O–H groups in total. The van der Waals surface area contributed by atoms with E-state index in [-0.39, 0.29) is 5.75 Å². The molecule has 0 bridgehead atoms. The topological polar surface area (TPSA) is 84.3 Å². The van der Waals surface area contributed by atoms with E-state index in [0.717, 1.165) is 30.0 Å². The number of phenolic OH excluding ortho intramolecular Hbond substituents is 1. The molecule has 0 saturated heterocycles. The molecule has 0 fully saturated rings. The Balaban J connectivity index is 1.99. The van der Waals surface area contributed by atoms with Crippen LogP contribution in [-0.4, -0.2) is 44.5 Å². The predicted octanol–water partition coefficient (Wildman–Crippen LogP) is 3.50. The second-order valence-electron chi connectivity index (χ2n) is 6.49. The number of hydrogen-bond donors (Lipinski definition) is 3. The highest BCUT2D eigenvalue weighted by Crippen LogP contribution is 2.30. The van der Waals surface area contributed by atoms with Crippen LogP contribution in [0.25, 0.3) is 0 Å². The summed E-state index contributed by atoms with van der Waals surface area (Å²) in [5, 5.41) is 16.8. The molecule has 0 aromatic heterocycles. The number of aromatic hydroxyl groups is 1. The zero-order valence-corrected chi connectivity index (χ0v) is 18.3. The minimum atomic E-state index is 0.123. The maximum atomic E-state index is 10.2. The highest BCUT2D eigenvalue weighted by Gasteiger charge is 2.08.